The average molecular weight is 270 g/mol. The summed E-state index contributed by atoms with van der Waals surface area (Å²) in [7, 11) is 0. The number of ether oxygens (including phenoxy) is 1. The maximum Gasteiger partial charge on any atom is 0.133 e. The Hall–Kier alpha value is -1.04. The molecule has 3 N–H and O–H groups in total. The molecule has 0 aliphatic carbocycles. The van der Waals surface area contributed by atoms with Crippen LogP contribution in [0.4, 0.5) is 8.78 Å². The van der Waals surface area contributed by atoms with Crippen molar-refractivity contribution in [2.45, 2.75) is 32.2 Å². The van der Waals surface area contributed by atoms with Crippen molar-refractivity contribution in [3.63, 3.8) is 0 Å². The van der Waals surface area contributed by atoms with E-state index in [2.05, 4.69) is 5.43 Å². The Kier molecular flexibility index (Phi) is 4.85. The monoisotopic (exact) mass is 270 g/mol. The molecule has 1 aromatic rings. The van der Waals surface area contributed by atoms with Gasteiger partial charge in [-0.1, -0.05) is 6.07 Å². The molecule has 1 fully saturated rings. The van der Waals surface area contributed by atoms with Gasteiger partial charge in [0, 0.05) is 18.8 Å². The van der Waals surface area contributed by atoms with Gasteiger partial charge in [0.1, 0.15) is 11.6 Å². The Labute approximate surface area is 112 Å². The van der Waals surface area contributed by atoms with Crippen molar-refractivity contribution in [2.75, 3.05) is 13.2 Å². The summed E-state index contributed by atoms with van der Waals surface area (Å²) in [4.78, 5) is 0. The van der Waals surface area contributed by atoms with Crippen molar-refractivity contribution in [1.82, 2.24) is 5.43 Å². The Morgan fingerprint density at radius 1 is 1.37 bits per heavy atom. The standard InChI is InChI=1S/C14H20F2N2O/c1-9-2-3-11(15)13(14(9)16)12(18-17)8-10-4-6-19-7-5-10/h2-3,10,12,18H,4-8,17H2,1H3. The van der Waals surface area contributed by atoms with E-state index in [1.54, 1.807) is 6.92 Å². The van der Waals surface area contributed by atoms with E-state index in [1.807, 2.05) is 0 Å². The number of rotatable bonds is 4. The number of nitrogens with one attached hydrogen (secondary N) is 1. The van der Waals surface area contributed by atoms with Crippen molar-refractivity contribution in [3.05, 3.63) is 34.9 Å². The summed E-state index contributed by atoms with van der Waals surface area (Å²) in [5.74, 6) is 4.83. The van der Waals surface area contributed by atoms with Crippen LogP contribution in [0.2, 0.25) is 0 Å². The summed E-state index contributed by atoms with van der Waals surface area (Å²) < 4.78 is 33.2. The van der Waals surface area contributed by atoms with Crippen molar-refractivity contribution < 1.29 is 13.5 Å². The maximum absolute atomic E-state index is 14.1. The number of nitrogens with two attached hydrogens (primary N) is 1. The molecule has 19 heavy (non-hydrogen) atoms. The molecule has 0 bridgehead atoms. The van der Waals surface area contributed by atoms with Crippen molar-refractivity contribution in [2.24, 2.45) is 11.8 Å². The molecule has 0 spiro atoms. The fraction of sp³-hybridized carbons (Fsp3) is 0.571. The van der Waals surface area contributed by atoms with Gasteiger partial charge in [0.2, 0.25) is 0 Å². The van der Waals surface area contributed by atoms with Gasteiger partial charge in [-0.15, -0.1) is 0 Å². The zero-order valence-electron chi connectivity index (χ0n) is 11.1. The van der Waals surface area contributed by atoms with E-state index >= 15 is 0 Å². The second-order valence-corrected chi connectivity index (χ2v) is 5.10. The summed E-state index contributed by atoms with van der Waals surface area (Å²) in [5, 5.41) is 0. The minimum absolute atomic E-state index is 0.0500. The molecule has 0 aromatic heterocycles. The lowest BCUT2D eigenvalue weighted by molar-refractivity contribution is 0.0602. The molecule has 0 saturated carbocycles. The molecule has 1 aliphatic rings. The molecule has 1 saturated heterocycles. The Morgan fingerprint density at radius 3 is 2.68 bits per heavy atom. The summed E-state index contributed by atoms with van der Waals surface area (Å²) in [5.41, 5.74) is 3.04. The van der Waals surface area contributed by atoms with Gasteiger partial charge in [0.15, 0.2) is 0 Å². The molecule has 0 radical (unpaired) electrons. The number of benzene rings is 1. The SMILES string of the molecule is Cc1ccc(F)c(C(CC2CCOCC2)NN)c1F. The van der Waals surface area contributed by atoms with E-state index in [9.17, 15) is 8.78 Å². The van der Waals surface area contributed by atoms with Gasteiger partial charge in [-0.05, 0) is 43.7 Å². The lowest BCUT2D eigenvalue weighted by Gasteiger charge is -2.27. The van der Waals surface area contributed by atoms with Gasteiger partial charge in [0.05, 0.1) is 6.04 Å². The number of halogens is 2. The van der Waals surface area contributed by atoms with Gasteiger partial charge in [-0.25, -0.2) is 8.78 Å². The topological polar surface area (TPSA) is 47.3 Å². The zero-order chi connectivity index (χ0) is 13.8. The molecule has 2 rings (SSSR count). The second-order valence-electron chi connectivity index (χ2n) is 5.10. The third-order valence-corrected chi connectivity index (χ3v) is 3.78. The molecule has 1 unspecified atom stereocenters. The molecular formula is C14H20F2N2O. The first kappa shape index (κ1) is 14.4. The first-order chi connectivity index (χ1) is 9.13. The molecule has 1 aromatic carbocycles. The predicted molar refractivity (Wildman–Crippen MR) is 69.3 cm³/mol. The second kappa shape index (κ2) is 6.41. The van der Waals surface area contributed by atoms with Crippen molar-refractivity contribution in [1.29, 1.82) is 0 Å². The normalized spacial score (nSPS) is 18.5. The Morgan fingerprint density at radius 2 is 2.05 bits per heavy atom. The lowest BCUT2D eigenvalue weighted by atomic mass is 9.89. The highest BCUT2D eigenvalue weighted by Crippen LogP contribution is 2.30. The largest absolute Gasteiger partial charge is 0.381 e. The summed E-state index contributed by atoms with van der Waals surface area (Å²) in [6.07, 6.45) is 2.44. The van der Waals surface area contributed by atoms with Crippen LogP contribution in [0.5, 0.6) is 0 Å². The van der Waals surface area contributed by atoms with E-state index in [-0.39, 0.29) is 5.56 Å². The first-order valence-corrected chi connectivity index (χ1v) is 6.62. The maximum atomic E-state index is 14.1. The van der Waals surface area contributed by atoms with Crippen LogP contribution >= 0.6 is 0 Å². The van der Waals surface area contributed by atoms with E-state index < -0.39 is 17.7 Å². The smallest absolute Gasteiger partial charge is 0.133 e. The first-order valence-electron chi connectivity index (χ1n) is 6.62. The zero-order valence-corrected chi connectivity index (χ0v) is 11.1. The predicted octanol–water partition coefficient (Wildman–Crippen LogP) is 2.59. The molecule has 1 atom stereocenters. The fourth-order valence-electron chi connectivity index (χ4n) is 2.58. The van der Waals surface area contributed by atoms with Gasteiger partial charge >= 0.3 is 0 Å². The van der Waals surface area contributed by atoms with E-state index in [0.29, 0.717) is 31.1 Å². The van der Waals surface area contributed by atoms with E-state index in [1.165, 1.54) is 12.1 Å². The van der Waals surface area contributed by atoms with Crippen LogP contribution in [0.3, 0.4) is 0 Å². The van der Waals surface area contributed by atoms with Gasteiger partial charge in [-0.3, -0.25) is 11.3 Å². The highest BCUT2D eigenvalue weighted by Gasteiger charge is 2.25. The number of aryl methyl sites for hydroxylation is 1. The van der Waals surface area contributed by atoms with Gasteiger partial charge in [0.25, 0.3) is 0 Å². The average Bonchev–Trinajstić information content (AvgIpc) is 2.43. The number of hydrogen-bond donors (Lipinski definition) is 2. The third-order valence-electron chi connectivity index (χ3n) is 3.78. The van der Waals surface area contributed by atoms with Crippen molar-refractivity contribution in [3.8, 4) is 0 Å². The molecule has 5 heteroatoms. The highest BCUT2D eigenvalue weighted by molar-refractivity contribution is 5.29. The molecule has 1 aliphatic heterocycles. The molecule has 1 heterocycles. The Bertz CT molecular complexity index is 434. The fourth-order valence-corrected chi connectivity index (χ4v) is 2.58. The molecule has 0 amide bonds. The molecule has 106 valence electrons. The van der Waals surface area contributed by atoms with Crippen LogP contribution in [0.25, 0.3) is 0 Å². The summed E-state index contributed by atoms with van der Waals surface area (Å²) in [6.45, 7) is 3.04. The van der Waals surface area contributed by atoms with Gasteiger partial charge in [-0.2, -0.15) is 0 Å². The van der Waals surface area contributed by atoms with Gasteiger partial charge < -0.3 is 4.74 Å². The third kappa shape index (κ3) is 3.29. The van der Waals surface area contributed by atoms with Crippen LogP contribution in [-0.4, -0.2) is 13.2 Å². The van der Waals surface area contributed by atoms with E-state index in [4.69, 9.17) is 10.6 Å². The van der Waals surface area contributed by atoms with Crippen LogP contribution < -0.4 is 11.3 Å². The quantitative estimate of drug-likeness (QED) is 0.653. The minimum Gasteiger partial charge on any atom is -0.381 e. The van der Waals surface area contributed by atoms with Crippen LogP contribution in [0.15, 0.2) is 12.1 Å². The van der Waals surface area contributed by atoms with E-state index in [0.717, 1.165) is 12.8 Å². The number of hydrazine groups is 1. The van der Waals surface area contributed by atoms with Crippen LogP contribution in [0, 0.1) is 24.5 Å². The summed E-state index contributed by atoms with van der Waals surface area (Å²) in [6, 6.07) is 2.24. The number of hydrogen-bond acceptors (Lipinski definition) is 3. The lowest BCUT2D eigenvalue weighted by Crippen LogP contribution is -2.32. The Balaban J connectivity index is 2.19. The van der Waals surface area contributed by atoms with Crippen LogP contribution in [-0.2, 0) is 4.74 Å². The van der Waals surface area contributed by atoms with Crippen molar-refractivity contribution >= 4 is 0 Å². The minimum atomic E-state index is -0.543. The highest BCUT2D eigenvalue weighted by atomic mass is 19.1. The molecule has 3 nitrogen and oxygen atoms in total. The molecular weight excluding hydrogens is 250 g/mol. The van der Waals surface area contributed by atoms with Crippen LogP contribution in [0.1, 0.15) is 36.4 Å². The summed E-state index contributed by atoms with van der Waals surface area (Å²) >= 11 is 0.